The van der Waals surface area contributed by atoms with Gasteiger partial charge in [0.05, 0.1) is 0 Å². The van der Waals surface area contributed by atoms with E-state index in [1.54, 1.807) is 24.3 Å². The highest BCUT2D eigenvalue weighted by Gasteiger charge is 2.34. The number of nitriles is 1. The molecule has 2 bridgehead atoms. The summed E-state index contributed by atoms with van der Waals surface area (Å²) >= 11 is 0. The van der Waals surface area contributed by atoms with Crippen molar-refractivity contribution in [3.05, 3.63) is 47.7 Å². The predicted octanol–water partition coefficient (Wildman–Crippen LogP) is 1.84. The lowest BCUT2D eigenvalue weighted by Gasteiger charge is -2.44. The van der Waals surface area contributed by atoms with Gasteiger partial charge in [-0.25, -0.2) is 9.59 Å². The number of amides is 1. The molecule has 0 spiro atoms. The van der Waals surface area contributed by atoms with E-state index >= 15 is 0 Å². The van der Waals surface area contributed by atoms with Crippen molar-refractivity contribution in [3.63, 3.8) is 0 Å². The third kappa shape index (κ3) is 5.24. The second kappa shape index (κ2) is 9.24. The lowest BCUT2D eigenvalue weighted by atomic mass is 9.84. The Bertz CT molecular complexity index is 1010. The summed E-state index contributed by atoms with van der Waals surface area (Å²) in [4.78, 5) is 34.0. The first-order valence-corrected chi connectivity index (χ1v) is 9.46. The number of hydrogen-bond donors (Lipinski definition) is 3. The van der Waals surface area contributed by atoms with Crippen LogP contribution in [-0.2, 0) is 9.59 Å². The van der Waals surface area contributed by atoms with Crippen LogP contribution in [0, 0.1) is 17.2 Å². The molecule has 1 aromatic heterocycles. The summed E-state index contributed by atoms with van der Waals surface area (Å²) in [5.74, 6) is -1.68. The Morgan fingerprint density at radius 1 is 1.13 bits per heavy atom. The molecule has 9 nitrogen and oxygen atoms in total. The molecule has 1 amide bonds. The summed E-state index contributed by atoms with van der Waals surface area (Å²) < 4.78 is 5.34. The van der Waals surface area contributed by atoms with E-state index in [1.165, 1.54) is 12.8 Å². The largest absolute Gasteiger partial charge is 0.478 e. The molecule has 2 aromatic rings. The number of rotatable bonds is 4. The number of carboxylic acid groups (broad SMARTS) is 2. The smallest absolute Gasteiger partial charge is 0.328 e. The summed E-state index contributed by atoms with van der Waals surface area (Å²) in [6.07, 6.45) is 3.47. The second-order valence-electron chi connectivity index (χ2n) is 7.20. The zero-order valence-corrected chi connectivity index (χ0v) is 16.1. The normalized spacial score (nSPS) is 22.2. The van der Waals surface area contributed by atoms with E-state index in [-0.39, 0.29) is 17.7 Å². The molecule has 0 saturated carbocycles. The van der Waals surface area contributed by atoms with Gasteiger partial charge >= 0.3 is 11.9 Å². The van der Waals surface area contributed by atoms with E-state index in [0.717, 1.165) is 25.0 Å². The average Bonchev–Trinajstić information content (AvgIpc) is 3.16. The molecular formula is C21H21N3O6. The molecule has 4 heterocycles. The molecule has 3 fully saturated rings. The first kappa shape index (κ1) is 21.1. The first-order chi connectivity index (χ1) is 14.4. The molecule has 9 heteroatoms. The fraction of sp³-hybridized carbons (Fsp3) is 0.333. The van der Waals surface area contributed by atoms with Crippen molar-refractivity contribution in [3.8, 4) is 6.07 Å². The van der Waals surface area contributed by atoms with Crippen LogP contribution >= 0.6 is 0 Å². The Hall–Kier alpha value is -3.64. The topological polar surface area (TPSA) is 144 Å². The van der Waals surface area contributed by atoms with Gasteiger partial charge in [0.2, 0.25) is 5.76 Å². The Labute approximate surface area is 172 Å². The number of fused-ring (bicyclic) bond motifs is 4. The van der Waals surface area contributed by atoms with E-state index in [2.05, 4.69) is 10.2 Å². The number of nitrogens with one attached hydrogen (secondary N) is 1. The minimum Gasteiger partial charge on any atom is -0.478 e. The number of nitrogens with zero attached hydrogens (tertiary/aromatic N) is 2. The number of carbonyl (C=O) groups is 3. The monoisotopic (exact) mass is 411 g/mol. The molecule has 30 heavy (non-hydrogen) atoms. The fourth-order valence-corrected chi connectivity index (χ4v) is 3.76. The number of furan rings is 1. The maximum atomic E-state index is 12.5. The van der Waals surface area contributed by atoms with E-state index < -0.39 is 11.9 Å². The second-order valence-corrected chi connectivity index (χ2v) is 7.20. The number of carboxylic acids is 2. The fourth-order valence-electron chi connectivity index (χ4n) is 3.76. The van der Waals surface area contributed by atoms with Crippen LogP contribution in [0.25, 0.3) is 11.0 Å². The van der Waals surface area contributed by atoms with Crippen molar-refractivity contribution in [1.82, 2.24) is 10.2 Å². The van der Waals surface area contributed by atoms with Crippen molar-refractivity contribution in [2.45, 2.75) is 18.9 Å². The van der Waals surface area contributed by atoms with Gasteiger partial charge in [0.15, 0.2) is 0 Å². The Morgan fingerprint density at radius 3 is 2.33 bits per heavy atom. The van der Waals surface area contributed by atoms with E-state index in [0.29, 0.717) is 29.2 Å². The third-order valence-corrected chi connectivity index (χ3v) is 5.23. The van der Waals surface area contributed by atoms with Gasteiger partial charge in [-0.05, 0) is 50.0 Å². The maximum Gasteiger partial charge on any atom is 0.328 e. The van der Waals surface area contributed by atoms with Crippen LogP contribution in [-0.4, -0.2) is 58.6 Å². The van der Waals surface area contributed by atoms with Crippen molar-refractivity contribution in [1.29, 1.82) is 5.26 Å². The molecule has 0 unspecified atom stereocenters. The minimum absolute atomic E-state index is 0.0413. The average molecular weight is 411 g/mol. The number of carbonyl (C=O) groups excluding carboxylic acids is 1. The van der Waals surface area contributed by atoms with Crippen LogP contribution in [0.3, 0.4) is 0 Å². The quantitative estimate of drug-likeness (QED) is 0.647. The van der Waals surface area contributed by atoms with Crippen LogP contribution in [0.1, 0.15) is 29.0 Å². The molecule has 156 valence electrons. The van der Waals surface area contributed by atoms with Crippen LogP contribution in [0.5, 0.6) is 0 Å². The Morgan fingerprint density at radius 2 is 1.80 bits per heavy atom. The Kier molecular flexibility index (Phi) is 6.49. The first-order valence-electron chi connectivity index (χ1n) is 9.46. The highest BCUT2D eigenvalue weighted by molar-refractivity contribution is 5.98. The van der Waals surface area contributed by atoms with Crippen molar-refractivity contribution < 1.29 is 29.0 Å². The standard InChI is InChI=1S/C17H17N3O2.C4H4O4/c18-9-14-8-13-7-12(1-2-16(13)22-14)17(21)19-15-10-20-5-3-11(15)4-6-20;5-3(6)1-2-4(7)8/h1-2,7-8,11,15H,3-6,10H2,(H,19,21);1-2H,(H,5,6)(H,7,8)/t15-;/m0./s1. The summed E-state index contributed by atoms with van der Waals surface area (Å²) in [6, 6.07) is 9.19. The Balaban J connectivity index is 0.000000275. The van der Waals surface area contributed by atoms with Crippen molar-refractivity contribution >= 4 is 28.8 Å². The van der Waals surface area contributed by atoms with Crippen LogP contribution in [0.4, 0.5) is 0 Å². The maximum absolute atomic E-state index is 12.5. The third-order valence-electron chi connectivity index (χ3n) is 5.23. The summed E-state index contributed by atoms with van der Waals surface area (Å²) in [7, 11) is 0. The zero-order valence-electron chi connectivity index (χ0n) is 16.1. The van der Waals surface area contributed by atoms with Gasteiger partial charge < -0.3 is 24.8 Å². The van der Waals surface area contributed by atoms with Gasteiger partial charge in [-0.1, -0.05) is 0 Å². The number of hydrogen-bond acceptors (Lipinski definition) is 6. The predicted molar refractivity (Wildman–Crippen MR) is 106 cm³/mol. The minimum atomic E-state index is -1.26. The summed E-state index contributed by atoms with van der Waals surface area (Å²) in [5, 5.41) is 28.5. The molecule has 0 radical (unpaired) electrons. The summed E-state index contributed by atoms with van der Waals surface area (Å²) in [5.41, 5.74) is 1.25. The van der Waals surface area contributed by atoms with Gasteiger partial charge in [0, 0.05) is 41.8 Å². The van der Waals surface area contributed by atoms with Crippen molar-refractivity contribution in [2.24, 2.45) is 5.92 Å². The van der Waals surface area contributed by atoms with E-state index in [4.69, 9.17) is 19.9 Å². The van der Waals surface area contributed by atoms with Crippen LogP contribution < -0.4 is 5.32 Å². The van der Waals surface area contributed by atoms with E-state index in [9.17, 15) is 14.4 Å². The van der Waals surface area contributed by atoms with Crippen molar-refractivity contribution in [2.75, 3.05) is 19.6 Å². The molecular weight excluding hydrogens is 390 g/mol. The lowest BCUT2D eigenvalue weighted by molar-refractivity contribution is -0.134. The number of piperidine rings is 3. The molecule has 0 aliphatic carbocycles. The summed E-state index contributed by atoms with van der Waals surface area (Å²) in [6.45, 7) is 3.28. The lowest BCUT2D eigenvalue weighted by Crippen LogP contribution is -2.57. The molecule has 1 atom stereocenters. The highest BCUT2D eigenvalue weighted by atomic mass is 16.4. The molecule has 1 aromatic carbocycles. The highest BCUT2D eigenvalue weighted by Crippen LogP contribution is 2.28. The number of benzene rings is 1. The van der Waals surface area contributed by atoms with Gasteiger partial charge in [-0.15, -0.1) is 0 Å². The zero-order chi connectivity index (χ0) is 21.7. The van der Waals surface area contributed by atoms with Gasteiger partial charge in [-0.3, -0.25) is 4.79 Å². The molecule has 3 N–H and O–H groups in total. The van der Waals surface area contributed by atoms with E-state index in [1.807, 2.05) is 6.07 Å². The molecule has 3 aliphatic rings. The SMILES string of the molecule is N#Cc1cc2cc(C(=O)N[C@H]3CN4CCC3CC4)ccc2o1.O=C(O)C=CC(=O)O. The molecule has 5 rings (SSSR count). The number of aliphatic carboxylic acids is 2. The molecule has 3 saturated heterocycles. The molecule has 3 aliphatic heterocycles. The van der Waals surface area contributed by atoms with Gasteiger partial charge in [-0.2, -0.15) is 5.26 Å². The van der Waals surface area contributed by atoms with Gasteiger partial charge in [0.25, 0.3) is 5.91 Å². The van der Waals surface area contributed by atoms with Gasteiger partial charge in [0.1, 0.15) is 11.7 Å². The van der Waals surface area contributed by atoms with Crippen LogP contribution in [0.15, 0.2) is 40.8 Å². The van der Waals surface area contributed by atoms with Crippen LogP contribution in [0.2, 0.25) is 0 Å².